The van der Waals surface area contributed by atoms with Crippen LogP contribution in [0.3, 0.4) is 0 Å². The van der Waals surface area contributed by atoms with Gasteiger partial charge in [-0.05, 0) is 295 Å². The topological polar surface area (TPSA) is 21.3 Å². The third kappa shape index (κ3) is 13.6. The van der Waals surface area contributed by atoms with Gasteiger partial charge in [0.15, 0.2) is 0 Å². The molecule has 0 fully saturated rings. The summed E-state index contributed by atoms with van der Waals surface area (Å²) in [5.74, 6) is 0.619. The number of unbranched alkanes of at least 4 members (excludes halogenated alkanes) is 1. The summed E-state index contributed by atoms with van der Waals surface area (Å²) in [6.07, 6.45) is 4.89. The first kappa shape index (κ1) is 82.4. The summed E-state index contributed by atoms with van der Waals surface area (Å²) in [6, 6.07) is 158. The molecule has 0 radical (unpaired) electrons. The average molecular weight is 1720 g/mol. The first-order valence-electron chi connectivity index (χ1n) is 47.8. The zero-order valence-electron chi connectivity index (χ0n) is 77.6. The van der Waals surface area contributed by atoms with Crippen molar-refractivity contribution >= 4 is 99.5 Å². The van der Waals surface area contributed by atoms with Crippen molar-refractivity contribution < 1.29 is 0 Å². The van der Waals surface area contributed by atoms with Gasteiger partial charge >= 0.3 is 0 Å². The maximum absolute atomic E-state index is 2.62. The highest BCUT2D eigenvalue weighted by atomic mass is 15.1. The van der Waals surface area contributed by atoms with E-state index in [2.05, 4.69) is 505 Å². The number of benzene rings is 18. The van der Waals surface area contributed by atoms with Gasteiger partial charge in [-0.2, -0.15) is 0 Å². The summed E-state index contributed by atoms with van der Waals surface area (Å²) >= 11 is 0. The van der Waals surface area contributed by atoms with Crippen LogP contribution in [0.2, 0.25) is 0 Å². The van der Waals surface area contributed by atoms with E-state index in [1.165, 1.54) is 191 Å². The molecule has 3 aromatic heterocycles. The van der Waals surface area contributed by atoms with Gasteiger partial charge in [-0.15, -0.1) is 0 Å². The molecule has 5 heteroatoms. The lowest BCUT2D eigenvalue weighted by Gasteiger charge is -2.35. The molecule has 0 saturated carbocycles. The second kappa shape index (κ2) is 32.5. The number of hydrogen-bond donors (Lipinski definition) is 0. The van der Waals surface area contributed by atoms with Crippen LogP contribution >= 0.6 is 0 Å². The van der Waals surface area contributed by atoms with Crippen molar-refractivity contribution in [3.05, 3.63) is 479 Å². The summed E-state index contributed by atoms with van der Waals surface area (Å²) in [5, 5.41) is 7.49. The van der Waals surface area contributed by atoms with E-state index >= 15 is 0 Å². The summed E-state index contributed by atoms with van der Waals surface area (Å²) in [4.78, 5) is 4.82. The molecular formula is C128H109N5. The Balaban J connectivity index is 0.687. The van der Waals surface area contributed by atoms with Crippen LogP contribution in [0.4, 0.5) is 34.1 Å². The second-order valence-electron chi connectivity index (χ2n) is 39.5. The summed E-state index contributed by atoms with van der Waals surface area (Å²) in [6.45, 7) is 23.8. The van der Waals surface area contributed by atoms with Gasteiger partial charge in [-0.25, -0.2) is 0 Å². The van der Waals surface area contributed by atoms with Crippen LogP contribution in [-0.4, -0.2) is 13.7 Å². The molecule has 0 aliphatic heterocycles. The number of aromatic nitrogens is 3. The summed E-state index contributed by atoms with van der Waals surface area (Å²) in [5.41, 5.74) is 39.3. The van der Waals surface area contributed by atoms with E-state index < -0.39 is 10.8 Å². The average Bonchev–Trinajstić information content (AvgIpc) is 1.54. The lowest BCUT2D eigenvalue weighted by Crippen LogP contribution is -2.29. The molecule has 3 heterocycles. The Morgan fingerprint density at radius 3 is 0.955 bits per heavy atom. The smallest absolute Gasteiger partial charge is 0.0713 e. The van der Waals surface area contributed by atoms with Crippen LogP contribution < -0.4 is 9.80 Å². The molecule has 21 aromatic rings. The quantitative estimate of drug-likeness (QED) is 0.0758. The van der Waals surface area contributed by atoms with E-state index in [-0.39, 0.29) is 10.8 Å². The predicted molar refractivity (Wildman–Crippen MR) is 563 cm³/mol. The fourth-order valence-electron chi connectivity index (χ4n) is 22.7. The van der Waals surface area contributed by atoms with Gasteiger partial charge in [-0.3, -0.25) is 0 Å². The van der Waals surface area contributed by atoms with Gasteiger partial charge in [-0.1, -0.05) is 341 Å². The van der Waals surface area contributed by atoms with Crippen LogP contribution in [-0.2, 0) is 28.2 Å². The van der Waals surface area contributed by atoms with Crippen molar-refractivity contribution in [2.24, 2.45) is 5.92 Å². The maximum atomic E-state index is 2.62. The van der Waals surface area contributed by atoms with Crippen LogP contribution in [0, 0.1) is 19.8 Å². The Morgan fingerprint density at radius 1 is 0.271 bits per heavy atom. The lowest BCUT2D eigenvalue weighted by molar-refractivity contribution is 0.401. The predicted octanol–water partition coefficient (Wildman–Crippen LogP) is 34.4. The third-order valence-electron chi connectivity index (χ3n) is 29.6. The molecular weight excluding hydrogens is 1610 g/mol. The Hall–Kier alpha value is -15.0. The molecule has 2 aliphatic rings. The lowest BCUT2D eigenvalue weighted by atomic mass is 9.67. The highest BCUT2D eigenvalue weighted by Gasteiger charge is 2.48. The molecule has 23 rings (SSSR count). The first-order chi connectivity index (χ1) is 64.9. The molecule has 0 saturated heterocycles. The molecule has 2 aliphatic carbocycles. The molecule has 646 valence electrons. The van der Waals surface area contributed by atoms with Crippen LogP contribution in [0.25, 0.3) is 121 Å². The zero-order chi connectivity index (χ0) is 90.2. The van der Waals surface area contributed by atoms with Crippen molar-refractivity contribution in [2.45, 2.75) is 123 Å². The number of anilines is 6. The Kier molecular flexibility index (Phi) is 20.1. The van der Waals surface area contributed by atoms with Gasteiger partial charge in [0, 0.05) is 95.4 Å². The van der Waals surface area contributed by atoms with Crippen LogP contribution in [0.15, 0.2) is 413 Å². The van der Waals surface area contributed by atoms with Crippen molar-refractivity contribution in [1.82, 2.24) is 13.7 Å². The number of rotatable bonds is 20. The SMILES string of the molecule is CCCCC(CC)Cn1c2ccccc2c2cc(-c3ccc4c(c3)c3cc(C5(c6ccc(N(c7ccc(-c8ccc(N(c9ccc(C)cc9)c9ccc(C)cc9)cc8)cc7)c7ccc(C8(c9ccc%10c(c9)c9ccccc9n%10-c9ccc(C(C)(C)C)cc9)c9ccccc9-c9ccccc98)cc7)cc6)c6ccccc6-c6ccccc65)ccc3n4-c3ccc(C(C)(C)C)cc3)ccc21. The Morgan fingerprint density at radius 2 is 0.564 bits per heavy atom. The summed E-state index contributed by atoms with van der Waals surface area (Å²) < 4.78 is 7.59. The van der Waals surface area contributed by atoms with Gasteiger partial charge < -0.3 is 23.5 Å². The second-order valence-corrected chi connectivity index (χ2v) is 39.5. The van der Waals surface area contributed by atoms with E-state index in [1.54, 1.807) is 0 Å². The molecule has 0 spiro atoms. The van der Waals surface area contributed by atoms with Gasteiger partial charge in [0.25, 0.3) is 0 Å². The standard InChI is InChI=1S/C128H109N5/c1-11-13-26-86(12-2)83-129-119-37-24-18-31-109(119)111-79-89(47-75-120(111)129)90-48-76-122-112(80-90)114-82-96(58-78-124(114)133(122)104-69-51-92(52-70-104)126(8,9)10)128(117-35-22-16-29-107(117)108-30-17-23-36-118(108)128)94-55-73-102(74-56-94)131(100-65-45-88(46-66-100)87-43-63-99(64-44-87)130(97-59-39-84(3)40-60-97)98-61-41-85(4)42-62-98)101-71-53-93(54-72-101)127(115-33-20-14-27-105(115)106-28-15-21-34-116(106)127)95-57-77-123-113(81-95)110-32-19-25-38-121(110)132(123)103-67-49-91(50-68-103)125(5,6)7/h14-25,27-82,86H,11-13,26,83H2,1-10H3. The molecule has 1 atom stereocenters. The molecule has 133 heavy (non-hydrogen) atoms. The number of para-hydroxylation sites is 2. The molecule has 0 amide bonds. The van der Waals surface area contributed by atoms with Crippen molar-refractivity contribution in [3.8, 4) is 55.9 Å². The van der Waals surface area contributed by atoms with Gasteiger partial charge in [0.1, 0.15) is 0 Å². The monoisotopic (exact) mass is 1720 g/mol. The molecule has 1 unspecified atom stereocenters. The minimum Gasteiger partial charge on any atom is -0.340 e. The Labute approximate surface area is 781 Å². The fraction of sp³-hybridized carbons (Fsp3) is 0.156. The van der Waals surface area contributed by atoms with Crippen molar-refractivity contribution in [1.29, 1.82) is 0 Å². The molecule has 5 nitrogen and oxygen atoms in total. The van der Waals surface area contributed by atoms with Crippen LogP contribution in [0.5, 0.6) is 0 Å². The highest BCUT2D eigenvalue weighted by Crippen LogP contribution is 2.60. The summed E-state index contributed by atoms with van der Waals surface area (Å²) in [7, 11) is 0. The maximum Gasteiger partial charge on any atom is 0.0713 e. The van der Waals surface area contributed by atoms with E-state index in [0.717, 1.165) is 63.2 Å². The Bertz CT molecular complexity index is 7910. The van der Waals surface area contributed by atoms with Crippen molar-refractivity contribution in [3.63, 3.8) is 0 Å². The van der Waals surface area contributed by atoms with E-state index in [4.69, 9.17) is 0 Å². The molecule has 18 aromatic carbocycles. The highest BCUT2D eigenvalue weighted by molar-refractivity contribution is 6.14. The van der Waals surface area contributed by atoms with E-state index in [9.17, 15) is 0 Å². The van der Waals surface area contributed by atoms with Gasteiger partial charge in [0.2, 0.25) is 0 Å². The third-order valence-corrected chi connectivity index (χ3v) is 29.6. The minimum atomic E-state index is -0.744. The zero-order valence-corrected chi connectivity index (χ0v) is 77.6. The van der Waals surface area contributed by atoms with E-state index in [0.29, 0.717) is 5.92 Å². The number of aryl methyl sites for hydroxylation is 2. The molecule has 0 bridgehead atoms. The number of hydrogen-bond acceptors (Lipinski definition) is 2. The van der Waals surface area contributed by atoms with Crippen molar-refractivity contribution in [2.75, 3.05) is 9.80 Å². The largest absolute Gasteiger partial charge is 0.340 e. The fourth-order valence-corrected chi connectivity index (χ4v) is 22.7. The minimum absolute atomic E-state index is 0.00583. The number of nitrogens with zero attached hydrogens (tertiary/aromatic N) is 5. The van der Waals surface area contributed by atoms with E-state index in [1.807, 2.05) is 0 Å². The first-order valence-corrected chi connectivity index (χ1v) is 47.8. The normalized spacial score (nSPS) is 13.4. The van der Waals surface area contributed by atoms with Crippen LogP contribution in [0.1, 0.15) is 148 Å². The van der Waals surface area contributed by atoms with Gasteiger partial charge in [0.05, 0.1) is 32.9 Å². The number of fused-ring (bicyclic) bond motifs is 15. The molecule has 0 N–H and O–H groups in total.